The largest absolute Gasteiger partial charge is 0.494 e. The number of benzene rings is 2. The highest BCUT2D eigenvalue weighted by molar-refractivity contribution is 6.32. The molecule has 7 heteroatoms. The van der Waals surface area contributed by atoms with Gasteiger partial charge in [0.15, 0.2) is 11.5 Å². The first kappa shape index (κ1) is 18.9. The number of hydrogen-bond donors (Lipinski definition) is 1. The number of halogens is 1. The van der Waals surface area contributed by atoms with E-state index >= 15 is 0 Å². The van der Waals surface area contributed by atoms with Gasteiger partial charge in [0.05, 0.1) is 23.9 Å². The number of carbonyl (C=O) groups is 1. The summed E-state index contributed by atoms with van der Waals surface area (Å²) in [4.78, 5) is 12.3. The third-order valence-electron chi connectivity index (χ3n) is 3.70. The Morgan fingerprint density at radius 1 is 1.19 bits per heavy atom. The van der Waals surface area contributed by atoms with Crippen molar-refractivity contribution < 1.29 is 23.7 Å². The molecule has 0 saturated heterocycles. The molecule has 1 aliphatic heterocycles. The van der Waals surface area contributed by atoms with Crippen LogP contribution in [0.2, 0.25) is 5.02 Å². The number of rotatable bonds is 7. The predicted molar refractivity (Wildman–Crippen MR) is 104 cm³/mol. The van der Waals surface area contributed by atoms with Gasteiger partial charge in [-0.05, 0) is 49.8 Å². The molecular formula is C20H20ClNO5. The zero-order valence-corrected chi connectivity index (χ0v) is 15.8. The van der Waals surface area contributed by atoms with Gasteiger partial charge >= 0.3 is 0 Å². The molecule has 142 valence electrons. The number of amides is 1. The van der Waals surface area contributed by atoms with Gasteiger partial charge in [0.25, 0.3) is 0 Å². The SMILES string of the molecule is CCOc1ccc(OCC)c(NC(=O)/C=C/c2cc(Cl)c3c(c2)OCO3)c1. The minimum Gasteiger partial charge on any atom is -0.494 e. The summed E-state index contributed by atoms with van der Waals surface area (Å²) in [5.74, 6) is 2.01. The van der Waals surface area contributed by atoms with E-state index < -0.39 is 0 Å². The molecule has 0 unspecified atom stereocenters. The van der Waals surface area contributed by atoms with Gasteiger partial charge in [-0.2, -0.15) is 0 Å². The number of carbonyl (C=O) groups excluding carboxylic acids is 1. The van der Waals surface area contributed by atoms with E-state index in [4.69, 9.17) is 30.5 Å². The molecule has 1 N–H and O–H groups in total. The van der Waals surface area contributed by atoms with Crippen LogP contribution in [-0.4, -0.2) is 25.9 Å². The summed E-state index contributed by atoms with van der Waals surface area (Å²) in [6.07, 6.45) is 3.06. The van der Waals surface area contributed by atoms with Crippen molar-refractivity contribution in [2.45, 2.75) is 13.8 Å². The molecule has 1 aliphatic rings. The van der Waals surface area contributed by atoms with Crippen LogP contribution in [0.4, 0.5) is 5.69 Å². The van der Waals surface area contributed by atoms with Gasteiger partial charge in [0.1, 0.15) is 11.5 Å². The molecule has 27 heavy (non-hydrogen) atoms. The average molecular weight is 390 g/mol. The van der Waals surface area contributed by atoms with E-state index in [9.17, 15) is 4.79 Å². The Morgan fingerprint density at radius 2 is 2.00 bits per heavy atom. The molecule has 0 aliphatic carbocycles. The molecule has 2 aromatic rings. The Kier molecular flexibility index (Phi) is 6.08. The van der Waals surface area contributed by atoms with Crippen molar-refractivity contribution in [2.75, 3.05) is 25.3 Å². The number of nitrogens with one attached hydrogen (secondary N) is 1. The first-order valence-corrected chi connectivity index (χ1v) is 8.96. The Labute approximate surface area is 162 Å². The highest BCUT2D eigenvalue weighted by Gasteiger charge is 2.17. The molecule has 0 radical (unpaired) electrons. The maximum atomic E-state index is 12.3. The van der Waals surface area contributed by atoms with E-state index in [1.54, 1.807) is 36.4 Å². The van der Waals surface area contributed by atoms with E-state index in [-0.39, 0.29) is 12.7 Å². The van der Waals surface area contributed by atoms with Gasteiger partial charge in [-0.25, -0.2) is 0 Å². The third-order valence-corrected chi connectivity index (χ3v) is 3.98. The van der Waals surface area contributed by atoms with Gasteiger partial charge < -0.3 is 24.3 Å². The van der Waals surface area contributed by atoms with Crippen LogP contribution in [0.5, 0.6) is 23.0 Å². The number of fused-ring (bicyclic) bond motifs is 1. The fourth-order valence-corrected chi connectivity index (χ4v) is 2.85. The summed E-state index contributed by atoms with van der Waals surface area (Å²) in [5.41, 5.74) is 1.27. The van der Waals surface area contributed by atoms with Crippen LogP contribution in [0.3, 0.4) is 0 Å². The molecular weight excluding hydrogens is 370 g/mol. The highest BCUT2D eigenvalue weighted by atomic mass is 35.5. The quantitative estimate of drug-likeness (QED) is 0.705. The summed E-state index contributed by atoms with van der Waals surface area (Å²) in [6, 6.07) is 8.78. The second kappa shape index (κ2) is 8.68. The standard InChI is InChI=1S/C20H20ClNO5/c1-3-24-14-6-7-17(25-4-2)16(11-14)22-19(23)8-5-13-9-15(21)20-18(10-13)26-12-27-20/h5-11H,3-4,12H2,1-2H3,(H,22,23)/b8-5+. The summed E-state index contributed by atoms with van der Waals surface area (Å²) in [7, 11) is 0. The number of ether oxygens (including phenoxy) is 4. The summed E-state index contributed by atoms with van der Waals surface area (Å²) in [6.45, 7) is 4.94. The van der Waals surface area contributed by atoms with Crippen LogP contribution < -0.4 is 24.3 Å². The van der Waals surface area contributed by atoms with E-state index in [1.165, 1.54) is 6.08 Å². The van der Waals surface area contributed by atoms with Crippen molar-refractivity contribution in [2.24, 2.45) is 0 Å². The van der Waals surface area contributed by atoms with Crippen LogP contribution in [0.15, 0.2) is 36.4 Å². The number of anilines is 1. The Hall–Kier alpha value is -2.86. The van der Waals surface area contributed by atoms with Crippen LogP contribution in [-0.2, 0) is 4.79 Å². The fraction of sp³-hybridized carbons (Fsp3) is 0.250. The lowest BCUT2D eigenvalue weighted by atomic mass is 10.2. The Balaban J connectivity index is 1.74. The normalized spacial score (nSPS) is 12.3. The molecule has 0 aromatic heterocycles. The van der Waals surface area contributed by atoms with Crippen LogP contribution in [0.25, 0.3) is 6.08 Å². The average Bonchev–Trinajstić information content (AvgIpc) is 3.12. The first-order chi connectivity index (χ1) is 13.1. The fourth-order valence-electron chi connectivity index (χ4n) is 2.57. The van der Waals surface area contributed by atoms with Gasteiger partial charge in [-0.15, -0.1) is 0 Å². The third kappa shape index (κ3) is 4.65. The lowest BCUT2D eigenvalue weighted by Crippen LogP contribution is -2.10. The van der Waals surface area contributed by atoms with Crippen molar-refractivity contribution >= 4 is 29.3 Å². The van der Waals surface area contributed by atoms with Crippen molar-refractivity contribution in [3.05, 3.63) is 47.0 Å². The van der Waals surface area contributed by atoms with Crippen LogP contribution in [0.1, 0.15) is 19.4 Å². The van der Waals surface area contributed by atoms with E-state index in [0.29, 0.717) is 46.9 Å². The van der Waals surface area contributed by atoms with E-state index in [1.807, 2.05) is 13.8 Å². The van der Waals surface area contributed by atoms with Crippen molar-refractivity contribution in [1.29, 1.82) is 0 Å². The first-order valence-electron chi connectivity index (χ1n) is 8.58. The molecule has 6 nitrogen and oxygen atoms in total. The number of hydrogen-bond acceptors (Lipinski definition) is 5. The van der Waals surface area contributed by atoms with Crippen LogP contribution >= 0.6 is 11.6 Å². The van der Waals surface area contributed by atoms with Gasteiger partial charge in [-0.3, -0.25) is 4.79 Å². The highest BCUT2D eigenvalue weighted by Crippen LogP contribution is 2.40. The van der Waals surface area contributed by atoms with Crippen molar-refractivity contribution in [3.8, 4) is 23.0 Å². The summed E-state index contributed by atoms with van der Waals surface area (Å²) < 4.78 is 21.6. The molecule has 0 saturated carbocycles. The second-order valence-electron chi connectivity index (χ2n) is 5.58. The molecule has 1 heterocycles. The van der Waals surface area contributed by atoms with E-state index in [0.717, 1.165) is 5.56 Å². The van der Waals surface area contributed by atoms with Gasteiger partial charge in [-0.1, -0.05) is 11.6 Å². The molecule has 1 amide bonds. The Bertz CT molecular complexity index is 866. The van der Waals surface area contributed by atoms with Gasteiger partial charge in [0.2, 0.25) is 12.7 Å². The van der Waals surface area contributed by atoms with E-state index in [2.05, 4.69) is 5.32 Å². The molecule has 0 atom stereocenters. The molecule has 3 rings (SSSR count). The monoisotopic (exact) mass is 389 g/mol. The maximum absolute atomic E-state index is 12.3. The maximum Gasteiger partial charge on any atom is 0.248 e. The zero-order chi connectivity index (χ0) is 19.2. The minimum absolute atomic E-state index is 0.138. The Morgan fingerprint density at radius 3 is 2.78 bits per heavy atom. The molecule has 2 aromatic carbocycles. The van der Waals surface area contributed by atoms with Crippen molar-refractivity contribution in [1.82, 2.24) is 0 Å². The molecule has 0 fully saturated rings. The van der Waals surface area contributed by atoms with Crippen LogP contribution in [0, 0.1) is 0 Å². The lowest BCUT2D eigenvalue weighted by molar-refractivity contribution is -0.111. The topological polar surface area (TPSA) is 66.0 Å². The smallest absolute Gasteiger partial charge is 0.248 e. The van der Waals surface area contributed by atoms with Crippen molar-refractivity contribution in [3.63, 3.8) is 0 Å². The molecule has 0 bridgehead atoms. The minimum atomic E-state index is -0.307. The summed E-state index contributed by atoms with van der Waals surface area (Å²) >= 11 is 6.15. The second-order valence-corrected chi connectivity index (χ2v) is 5.99. The van der Waals surface area contributed by atoms with Gasteiger partial charge in [0, 0.05) is 12.1 Å². The zero-order valence-electron chi connectivity index (χ0n) is 15.1. The summed E-state index contributed by atoms with van der Waals surface area (Å²) in [5, 5.41) is 3.25. The predicted octanol–water partition coefficient (Wildman–Crippen LogP) is 4.52. The molecule has 0 spiro atoms. The lowest BCUT2D eigenvalue weighted by Gasteiger charge is -2.12.